The number of nitrogens with one attached hydrogen (secondary N) is 1. The van der Waals surface area contributed by atoms with E-state index in [2.05, 4.69) is 5.32 Å². The molecular formula is C15H18ClNO3S. The minimum Gasteiger partial charge on any atom is -0.497 e. The van der Waals surface area contributed by atoms with Gasteiger partial charge in [-0.1, -0.05) is 11.6 Å². The van der Waals surface area contributed by atoms with Crippen LogP contribution < -0.4 is 14.8 Å². The molecular weight excluding hydrogens is 310 g/mol. The average Bonchev–Trinajstić information content (AvgIpc) is 2.91. The molecule has 2 rings (SSSR count). The van der Waals surface area contributed by atoms with E-state index in [1.165, 1.54) is 11.3 Å². The fourth-order valence-electron chi connectivity index (χ4n) is 1.99. The first kappa shape index (κ1) is 16.1. The Labute approximate surface area is 133 Å². The average molecular weight is 328 g/mol. The van der Waals surface area contributed by atoms with Crippen molar-refractivity contribution in [3.63, 3.8) is 0 Å². The number of halogens is 1. The SMILES string of the molecule is COc1ccc(OC)c([C@@H](O)CNCc2ccc(Cl)s2)c1. The fraction of sp³-hybridized carbons (Fsp3) is 0.333. The highest BCUT2D eigenvalue weighted by molar-refractivity contribution is 7.16. The number of rotatable bonds is 7. The molecule has 0 radical (unpaired) electrons. The van der Waals surface area contributed by atoms with Crippen molar-refractivity contribution in [3.05, 3.63) is 45.1 Å². The van der Waals surface area contributed by atoms with Gasteiger partial charge in [-0.2, -0.15) is 0 Å². The van der Waals surface area contributed by atoms with E-state index in [9.17, 15) is 5.11 Å². The smallest absolute Gasteiger partial charge is 0.124 e. The van der Waals surface area contributed by atoms with Crippen LogP contribution in [0.4, 0.5) is 0 Å². The van der Waals surface area contributed by atoms with Crippen molar-refractivity contribution in [2.75, 3.05) is 20.8 Å². The molecule has 1 heterocycles. The number of methoxy groups -OCH3 is 2. The largest absolute Gasteiger partial charge is 0.497 e. The van der Waals surface area contributed by atoms with Crippen molar-refractivity contribution in [1.29, 1.82) is 0 Å². The van der Waals surface area contributed by atoms with Crippen molar-refractivity contribution in [2.24, 2.45) is 0 Å². The van der Waals surface area contributed by atoms with Crippen molar-refractivity contribution >= 4 is 22.9 Å². The van der Waals surface area contributed by atoms with E-state index in [0.29, 0.717) is 30.2 Å². The summed E-state index contributed by atoms with van der Waals surface area (Å²) in [6.07, 6.45) is -0.675. The van der Waals surface area contributed by atoms with Gasteiger partial charge >= 0.3 is 0 Å². The van der Waals surface area contributed by atoms with Gasteiger partial charge in [-0.15, -0.1) is 11.3 Å². The molecule has 114 valence electrons. The van der Waals surface area contributed by atoms with Crippen molar-refractivity contribution in [3.8, 4) is 11.5 Å². The number of hydrogen-bond acceptors (Lipinski definition) is 5. The fourth-order valence-corrected chi connectivity index (χ4v) is 3.05. The van der Waals surface area contributed by atoms with E-state index < -0.39 is 6.10 Å². The van der Waals surface area contributed by atoms with Crippen LogP contribution in [-0.2, 0) is 6.54 Å². The summed E-state index contributed by atoms with van der Waals surface area (Å²) < 4.78 is 11.2. The van der Waals surface area contributed by atoms with Crippen LogP contribution >= 0.6 is 22.9 Å². The molecule has 6 heteroatoms. The minimum absolute atomic E-state index is 0.416. The van der Waals surface area contributed by atoms with E-state index in [4.69, 9.17) is 21.1 Å². The Morgan fingerprint density at radius 2 is 2.05 bits per heavy atom. The first-order chi connectivity index (χ1) is 10.1. The second-order valence-corrected chi connectivity index (χ2v) is 6.26. The zero-order valence-electron chi connectivity index (χ0n) is 11.9. The van der Waals surface area contributed by atoms with E-state index >= 15 is 0 Å². The standard InChI is InChI=1S/C15H18ClNO3S/c1-19-10-3-5-14(20-2)12(7-10)13(18)9-17-8-11-4-6-15(16)21-11/h3-7,13,17-18H,8-9H2,1-2H3/t13-/m0/s1. The van der Waals surface area contributed by atoms with Gasteiger partial charge in [0.2, 0.25) is 0 Å². The van der Waals surface area contributed by atoms with Crippen molar-refractivity contribution in [1.82, 2.24) is 5.32 Å². The van der Waals surface area contributed by atoms with Crippen LogP contribution in [-0.4, -0.2) is 25.9 Å². The summed E-state index contributed by atoms with van der Waals surface area (Å²) in [4.78, 5) is 1.13. The Bertz CT molecular complexity index is 588. The van der Waals surface area contributed by atoms with Crippen LogP contribution in [0.1, 0.15) is 16.5 Å². The third-order valence-electron chi connectivity index (χ3n) is 3.06. The molecule has 4 nitrogen and oxygen atoms in total. The molecule has 0 saturated carbocycles. The van der Waals surface area contributed by atoms with Crippen LogP contribution in [0.3, 0.4) is 0 Å². The molecule has 0 amide bonds. The summed E-state index contributed by atoms with van der Waals surface area (Å²) in [5, 5.41) is 13.5. The predicted octanol–water partition coefficient (Wildman–Crippen LogP) is 3.24. The third-order valence-corrected chi connectivity index (χ3v) is 4.29. The van der Waals surface area contributed by atoms with Crippen LogP contribution in [0.2, 0.25) is 4.34 Å². The van der Waals surface area contributed by atoms with Crippen molar-refractivity contribution < 1.29 is 14.6 Å². The van der Waals surface area contributed by atoms with Crippen molar-refractivity contribution in [2.45, 2.75) is 12.6 Å². The Kier molecular flexibility index (Phi) is 5.87. The van der Waals surface area contributed by atoms with Gasteiger partial charge in [0.15, 0.2) is 0 Å². The number of aliphatic hydroxyl groups excluding tert-OH is 1. The Balaban J connectivity index is 1.97. The summed E-state index contributed by atoms with van der Waals surface area (Å²) in [5.74, 6) is 1.33. The molecule has 0 aliphatic carbocycles. The first-order valence-corrected chi connectivity index (χ1v) is 7.68. The molecule has 2 N–H and O–H groups in total. The maximum Gasteiger partial charge on any atom is 0.124 e. The summed E-state index contributed by atoms with van der Waals surface area (Å²) >= 11 is 7.41. The zero-order valence-corrected chi connectivity index (χ0v) is 13.5. The Hall–Kier alpha value is -1.27. The normalized spacial score (nSPS) is 12.2. The number of ether oxygens (including phenoxy) is 2. The van der Waals surface area contributed by atoms with Crippen LogP contribution in [0, 0.1) is 0 Å². The lowest BCUT2D eigenvalue weighted by Gasteiger charge is -2.16. The van der Waals surface area contributed by atoms with E-state index in [1.54, 1.807) is 32.4 Å². The molecule has 0 fully saturated rings. The van der Waals surface area contributed by atoms with Gasteiger partial charge < -0.3 is 19.9 Å². The molecule has 0 bridgehead atoms. The maximum atomic E-state index is 10.3. The topological polar surface area (TPSA) is 50.7 Å². The lowest BCUT2D eigenvalue weighted by molar-refractivity contribution is 0.170. The molecule has 1 aromatic heterocycles. The van der Waals surface area contributed by atoms with Crippen LogP contribution in [0.5, 0.6) is 11.5 Å². The predicted molar refractivity (Wildman–Crippen MR) is 85.5 cm³/mol. The lowest BCUT2D eigenvalue weighted by atomic mass is 10.1. The summed E-state index contributed by atoms with van der Waals surface area (Å²) in [6, 6.07) is 9.21. The monoisotopic (exact) mass is 327 g/mol. The van der Waals surface area contributed by atoms with Gasteiger partial charge in [0.05, 0.1) is 24.7 Å². The highest BCUT2D eigenvalue weighted by Gasteiger charge is 2.14. The molecule has 0 saturated heterocycles. The van der Waals surface area contributed by atoms with Gasteiger partial charge in [0, 0.05) is 23.5 Å². The molecule has 2 aromatic rings. The minimum atomic E-state index is -0.675. The second kappa shape index (κ2) is 7.66. The van der Waals surface area contributed by atoms with Gasteiger partial charge in [0.25, 0.3) is 0 Å². The van der Waals surface area contributed by atoms with Gasteiger partial charge in [0.1, 0.15) is 11.5 Å². The molecule has 1 aromatic carbocycles. The lowest BCUT2D eigenvalue weighted by Crippen LogP contribution is -2.21. The highest BCUT2D eigenvalue weighted by atomic mass is 35.5. The molecule has 0 unspecified atom stereocenters. The Morgan fingerprint density at radius 1 is 1.24 bits per heavy atom. The molecule has 21 heavy (non-hydrogen) atoms. The number of aliphatic hydroxyl groups is 1. The third kappa shape index (κ3) is 4.35. The van der Waals surface area contributed by atoms with E-state index in [-0.39, 0.29) is 0 Å². The molecule has 1 atom stereocenters. The number of benzene rings is 1. The molecule has 0 spiro atoms. The molecule has 0 aliphatic heterocycles. The van der Waals surface area contributed by atoms with Crippen LogP contribution in [0.25, 0.3) is 0 Å². The van der Waals surface area contributed by atoms with E-state index in [1.807, 2.05) is 12.1 Å². The summed E-state index contributed by atoms with van der Waals surface area (Å²) in [7, 11) is 3.18. The van der Waals surface area contributed by atoms with E-state index in [0.717, 1.165) is 9.21 Å². The highest BCUT2D eigenvalue weighted by Crippen LogP contribution is 2.29. The summed E-state index contributed by atoms with van der Waals surface area (Å²) in [5.41, 5.74) is 0.702. The number of hydrogen-bond donors (Lipinski definition) is 2. The first-order valence-electron chi connectivity index (χ1n) is 6.49. The molecule has 0 aliphatic rings. The quantitative estimate of drug-likeness (QED) is 0.819. The van der Waals surface area contributed by atoms with Crippen LogP contribution in [0.15, 0.2) is 30.3 Å². The van der Waals surface area contributed by atoms with Gasteiger partial charge in [-0.05, 0) is 30.3 Å². The second-order valence-electron chi connectivity index (χ2n) is 4.46. The van der Waals surface area contributed by atoms with Gasteiger partial charge in [-0.25, -0.2) is 0 Å². The Morgan fingerprint density at radius 3 is 2.67 bits per heavy atom. The summed E-state index contributed by atoms with van der Waals surface area (Å²) in [6.45, 7) is 1.08. The van der Waals surface area contributed by atoms with Gasteiger partial charge in [-0.3, -0.25) is 0 Å². The number of thiophene rings is 1. The maximum absolute atomic E-state index is 10.3. The zero-order chi connectivity index (χ0) is 15.2.